The van der Waals surface area contributed by atoms with Crippen molar-refractivity contribution in [1.82, 2.24) is 4.98 Å². The molecular formula is C17H21N3O3S. The highest BCUT2D eigenvalue weighted by atomic mass is 32.1. The quantitative estimate of drug-likeness (QED) is 0.505. The summed E-state index contributed by atoms with van der Waals surface area (Å²) in [5.74, 6) is 0.419. The number of nitrogens with one attached hydrogen (secondary N) is 1. The van der Waals surface area contributed by atoms with Gasteiger partial charge in [-0.25, -0.2) is 9.78 Å². The van der Waals surface area contributed by atoms with E-state index in [0.29, 0.717) is 15.7 Å². The van der Waals surface area contributed by atoms with Crippen LogP contribution >= 0.6 is 11.3 Å². The molecule has 1 N–H and O–H groups in total. The number of anilines is 1. The van der Waals surface area contributed by atoms with Crippen molar-refractivity contribution in [3.63, 3.8) is 0 Å². The largest absolute Gasteiger partial charge is 0.488 e. The molecule has 0 aliphatic rings. The maximum atomic E-state index is 11.5. The summed E-state index contributed by atoms with van der Waals surface area (Å²) in [5, 5.41) is 4.67. The number of ether oxygens (including phenoxy) is 2. The van der Waals surface area contributed by atoms with E-state index < -0.39 is 5.97 Å². The smallest absolute Gasteiger partial charge is 0.350 e. The van der Waals surface area contributed by atoms with Crippen LogP contribution < -0.4 is 10.2 Å². The molecule has 2 rings (SSSR count). The van der Waals surface area contributed by atoms with E-state index in [1.54, 1.807) is 13.1 Å². The van der Waals surface area contributed by atoms with Gasteiger partial charge in [-0.3, -0.25) is 5.43 Å². The first-order valence-electron chi connectivity index (χ1n) is 7.42. The van der Waals surface area contributed by atoms with Crippen LogP contribution in [-0.2, 0) is 4.74 Å². The zero-order chi connectivity index (χ0) is 17.7. The van der Waals surface area contributed by atoms with E-state index in [1.165, 1.54) is 18.4 Å². The lowest BCUT2D eigenvalue weighted by Gasteiger charge is -2.21. The third-order valence-electron chi connectivity index (χ3n) is 2.85. The highest BCUT2D eigenvalue weighted by Crippen LogP contribution is 2.23. The molecule has 0 radical (unpaired) electrons. The van der Waals surface area contributed by atoms with Crippen LogP contribution in [0.1, 0.15) is 41.7 Å². The first kappa shape index (κ1) is 17.9. The summed E-state index contributed by atoms with van der Waals surface area (Å²) >= 11 is 1.21. The minimum absolute atomic E-state index is 0.225. The fourth-order valence-corrected chi connectivity index (χ4v) is 2.70. The highest BCUT2D eigenvalue weighted by molar-refractivity contribution is 7.17. The van der Waals surface area contributed by atoms with Crippen molar-refractivity contribution in [2.24, 2.45) is 5.10 Å². The molecule has 0 spiro atoms. The number of aromatic nitrogens is 1. The maximum Gasteiger partial charge on any atom is 0.350 e. The highest BCUT2D eigenvalue weighted by Gasteiger charge is 2.15. The number of hydrazone groups is 1. The number of benzene rings is 1. The average Bonchev–Trinajstić information content (AvgIpc) is 2.88. The Labute approximate surface area is 145 Å². The maximum absolute atomic E-state index is 11.5. The Bertz CT molecular complexity index is 731. The van der Waals surface area contributed by atoms with Gasteiger partial charge in [0.1, 0.15) is 16.2 Å². The summed E-state index contributed by atoms with van der Waals surface area (Å²) < 4.78 is 10.5. The number of carbonyl (C=O) groups excluding carboxylic acids is 1. The summed E-state index contributed by atoms with van der Waals surface area (Å²) in [4.78, 5) is 16.3. The Balaban J connectivity index is 1.98. The van der Waals surface area contributed by atoms with Crippen LogP contribution in [0.25, 0.3) is 0 Å². The minimum Gasteiger partial charge on any atom is -0.488 e. The van der Waals surface area contributed by atoms with Crippen LogP contribution in [-0.4, -0.2) is 29.9 Å². The van der Waals surface area contributed by atoms with Crippen molar-refractivity contribution >= 4 is 28.7 Å². The van der Waals surface area contributed by atoms with E-state index in [-0.39, 0.29) is 5.60 Å². The number of esters is 1. The summed E-state index contributed by atoms with van der Waals surface area (Å²) in [6, 6.07) is 7.63. The van der Waals surface area contributed by atoms with Crippen LogP contribution in [0.3, 0.4) is 0 Å². The minimum atomic E-state index is -0.392. The topological polar surface area (TPSA) is 72.8 Å². The molecule has 0 saturated carbocycles. The zero-order valence-electron chi connectivity index (χ0n) is 14.4. The molecule has 0 aliphatic carbocycles. The molecule has 0 atom stereocenters. The van der Waals surface area contributed by atoms with Gasteiger partial charge in [-0.1, -0.05) is 11.3 Å². The Morgan fingerprint density at radius 3 is 2.54 bits per heavy atom. The second kappa shape index (κ2) is 7.44. The molecular weight excluding hydrogens is 326 g/mol. The monoisotopic (exact) mass is 347 g/mol. The van der Waals surface area contributed by atoms with Gasteiger partial charge >= 0.3 is 5.97 Å². The van der Waals surface area contributed by atoms with Crippen LogP contribution in [0.15, 0.2) is 29.4 Å². The number of hydrogen-bond donors (Lipinski definition) is 1. The number of hydrogen-bond acceptors (Lipinski definition) is 7. The molecule has 0 aliphatic heterocycles. The molecule has 128 valence electrons. The molecule has 0 unspecified atom stereocenters. The van der Waals surface area contributed by atoms with Crippen molar-refractivity contribution in [3.05, 3.63) is 40.4 Å². The van der Waals surface area contributed by atoms with Gasteiger partial charge in [0, 0.05) is 0 Å². The number of rotatable bonds is 5. The van der Waals surface area contributed by atoms with E-state index in [4.69, 9.17) is 9.47 Å². The molecule has 0 bridgehead atoms. The van der Waals surface area contributed by atoms with Crippen LogP contribution in [0.2, 0.25) is 0 Å². The molecule has 1 heterocycles. The molecule has 6 nitrogen and oxygen atoms in total. The number of aryl methyl sites for hydroxylation is 1. The summed E-state index contributed by atoms with van der Waals surface area (Å²) in [7, 11) is 1.35. The number of carbonyl (C=O) groups is 1. The van der Waals surface area contributed by atoms with Crippen LogP contribution in [0.5, 0.6) is 5.75 Å². The second-order valence-electron chi connectivity index (χ2n) is 6.08. The van der Waals surface area contributed by atoms with Gasteiger partial charge in [0.2, 0.25) is 5.13 Å². The Morgan fingerprint density at radius 2 is 1.96 bits per heavy atom. The standard InChI is InChI=1S/C17H21N3O3S/c1-11-14(15(21)22-5)24-16(19-11)20-18-10-12-6-8-13(9-7-12)23-17(2,3)4/h6-10H,1-5H3,(H,19,20)/b18-10-. The lowest BCUT2D eigenvalue weighted by Crippen LogP contribution is -2.22. The number of nitrogens with zero attached hydrogens (tertiary/aromatic N) is 2. The molecule has 1 aromatic heterocycles. The van der Waals surface area contributed by atoms with Crippen LogP contribution in [0.4, 0.5) is 5.13 Å². The van der Waals surface area contributed by atoms with Gasteiger partial charge in [0.15, 0.2) is 0 Å². The SMILES string of the molecule is COC(=O)c1sc(N/N=C\c2ccc(OC(C)(C)C)cc2)nc1C. The van der Waals surface area contributed by atoms with E-state index >= 15 is 0 Å². The van der Waals surface area contributed by atoms with Gasteiger partial charge in [0.05, 0.1) is 19.0 Å². The zero-order valence-corrected chi connectivity index (χ0v) is 15.2. The van der Waals surface area contributed by atoms with Gasteiger partial charge in [-0.15, -0.1) is 0 Å². The first-order chi connectivity index (χ1) is 11.3. The fraction of sp³-hybridized carbons (Fsp3) is 0.353. The van der Waals surface area contributed by atoms with E-state index in [2.05, 4.69) is 15.5 Å². The molecule has 2 aromatic rings. The number of methoxy groups -OCH3 is 1. The van der Waals surface area contributed by atoms with Gasteiger partial charge in [0.25, 0.3) is 0 Å². The average molecular weight is 347 g/mol. The van der Waals surface area contributed by atoms with E-state index in [9.17, 15) is 4.79 Å². The van der Waals surface area contributed by atoms with Crippen molar-refractivity contribution in [1.29, 1.82) is 0 Å². The molecule has 0 saturated heterocycles. The lowest BCUT2D eigenvalue weighted by atomic mass is 10.2. The first-order valence-corrected chi connectivity index (χ1v) is 8.24. The second-order valence-corrected chi connectivity index (χ2v) is 7.08. The van der Waals surface area contributed by atoms with Gasteiger partial charge < -0.3 is 9.47 Å². The molecule has 7 heteroatoms. The number of thiazole rings is 1. The molecule has 24 heavy (non-hydrogen) atoms. The Hall–Kier alpha value is -2.41. The predicted molar refractivity (Wildman–Crippen MR) is 96.2 cm³/mol. The van der Waals surface area contributed by atoms with E-state index in [0.717, 1.165) is 11.3 Å². The summed E-state index contributed by atoms with van der Waals surface area (Å²) in [6.07, 6.45) is 1.68. The normalized spacial score (nSPS) is 11.5. The summed E-state index contributed by atoms with van der Waals surface area (Å²) in [5.41, 5.74) is 4.14. The predicted octanol–water partition coefficient (Wildman–Crippen LogP) is 3.86. The van der Waals surface area contributed by atoms with Gasteiger partial charge in [-0.05, 0) is 57.5 Å². The van der Waals surface area contributed by atoms with Crippen LogP contribution in [0, 0.1) is 6.92 Å². The fourth-order valence-electron chi connectivity index (χ4n) is 1.86. The molecule has 0 fully saturated rings. The van der Waals surface area contributed by atoms with Crippen molar-refractivity contribution in [2.75, 3.05) is 12.5 Å². The third kappa shape index (κ3) is 5.06. The molecule has 1 aromatic carbocycles. The van der Waals surface area contributed by atoms with E-state index in [1.807, 2.05) is 45.0 Å². The lowest BCUT2D eigenvalue weighted by molar-refractivity contribution is 0.0605. The Kier molecular flexibility index (Phi) is 5.56. The van der Waals surface area contributed by atoms with Crippen molar-refractivity contribution in [2.45, 2.75) is 33.3 Å². The Morgan fingerprint density at radius 1 is 1.29 bits per heavy atom. The van der Waals surface area contributed by atoms with Gasteiger partial charge in [-0.2, -0.15) is 5.10 Å². The van der Waals surface area contributed by atoms with Crippen molar-refractivity contribution < 1.29 is 14.3 Å². The third-order valence-corrected chi connectivity index (χ3v) is 3.89. The molecule has 0 amide bonds. The van der Waals surface area contributed by atoms with Crippen molar-refractivity contribution in [3.8, 4) is 5.75 Å². The summed E-state index contributed by atoms with van der Waals surface area (Å²) in [6.45, 7) is 7.77.